The lowest BCUT2D eigenvalue weighted by Crippen LogP contribution is -2.37. The molecule has 0 saturated heterocycles. The molecule has 128 valence electrons. The Morgan fingerprint density at radius 2 is 1.78 bits per heavy atom. The van der Waals surface area contributed by atoms with Crippen LogP contribution in [0.25, 0.3) is 0 Å². The van der Waals surface area contributed by atoms with Crippen molar-refractivity contribution >= 4 is 23.8 Å². The van der Waals surface area contributed by atoms with Gasteiger partial charge in [-0.25, -0.2) is 4.79 Å². The first-order valence-corrected chi connectivity index (χ1v) is 7.10. The van der Waals surface area contributed by atoms with Gasteiger partial charge in [0.1, 0.15) is 5.60 Å². The molecule has 1 aliphatic heterocycles. The van der Waals surface area contributed by atoms with Crippen molar-refractivity contribution in [1.82, 2.24) is 15.7 Å². The van der Waals surface area contributed by atoms with Crippen molar-refractivity contribution in [1.29, 1.82) is 0 Å². The van der Waals surface area contributed by atoms with Crippen LogP contribution >= 0.6 is 0 Å². The van der Waals surface area contributed by atoms with Crippen LogP contribution in [-0.4, -0.2) is 54.0 Å². The van der Waals surface area contributed by atoms with E-state index in [9.17, 15) is 19.2 Å². The monoisotopic (exact) mass is 327 g/mol. The van der Waals surface area contributed by atoms with Crippen LogP contribution < -0.4 is 10.8 Å². The van der Waals surface area contributed by atoms with Gasteiger partial charge in [0, 0.05) is 25.2 Å². The molecule has 0 spiro atoms. The molecule has 1 heterocycles. The highest BCUT2D eigenvalue weighted by atomic mass is 16.7. The van der Waals surface area contributed by atoms with E-state index < -0.39 is 17.6 Å². The van der Waals surface area contributed by atoms with Gasteiger partial charge in [0.05, 0.1) is 0 Å². The fourth-order valence-electron chi connectivity index (χ4n) is 1.63. The molecule has 0 aromatic rings. The number of nitrogens with zero attached hydrogens (tertiary/aromatic N) is 1. The number of imide groups is 1. The van der Waals surface area contributed by atoms with E-state index in [1.807, 2.05) is 5.48 Å². The van der Waals surface area contributed by atoms with Gasteiger partial charge in [0.2, 0.25) is 5.91 Å². The Labute approximate surface area is 133 Å². The Hall–Kier alpha value is -2.42. The van der Waals surface area contributed by atoms with Crippen LogP contribution in [0.2, 0.25) is 0 Å². The molecule has 2 N–H and O–H groups in total. The van der Waals surface area contributed by atoms with Crippen molar-refractivity contribution in [2.24, 2.45) is 0 Å². The van der Waals surface area contributed by atoms with E-state index in [0.29, 0.717) is 6.42 Å². The molecule has 0 bridgehead atoms. The van der Waals surface area contributed by atoms with E-state index in [4.69, 9.17) is 9.57 Å². The number of rotatable bonds is 7. The summed E-state index contributed by atoms with van der Waals surface area (Å²) in [5.74, 6) is -1.16. The molecular formula is C14H21N3O6. The third kappa shape index (κ3) is 7.41. The minimum absolute atomic E-state index is 0.224. The molecule has 0 radical (unpaired) electrons. The van der Waals surface area contributed by atoms with E-state index in [1.54, 1.807) is 20.8 Å². The van der Waals surface area contributed by atoms with Gasteiger partial charge in [0.15, 0.2) is 6.61 Å². The summed E-state index contributed by atoms with van der Waals surface area (Å²) < 4.78 is 4.91. The summed E-state index contributed by atoms with van der Waals surface area (Å²) in [6.45, 7) is 5.22. The molecule has 0 aliphatic carbocycles. The maximum Gasteiger partial charge on any atom is 0.431 e. The van der Waals surface area contributed by atoms with Gasteiger partial charge < -0.3 is 10.1 Å². The lowest BCUT2D eigenvalue weighted by molar-refractivity contribution is -0.136. The maximum atomic E-state index is 11.4. The maximum absolute atomic E-state index is 11.4. The summed E-state index contributed by atoms with van der Waals surface area (Å²) >= 11 is 0. The summed E-state index contributed by atoms with van der Waals surface area (Å²) in [5, 5.41) is 2.53. The Kier molecular flexibility index (Phi) is 6.70. The molecular weight excluding hydrogens is 306 g/mol. The first-order valence-electron chi connectivity index (χ1n) is 7.10. The molecule has 1 rings (SSSR count). The minimum atomic E-state index is -0.788. The summed E-state index contributed by atoms with van der Waals surface area (Å²) in [6, 6.07) is 0. The molecule has 0 saturated carbocycles. The Morgan fingerprint density at radius 1 is 1.17 bits per heavy atom. The molecule has 0 fully saturated rings. The van der Waals surface area contributed by atoms with Gasteiger partial charge in [0.25, 0.3) is 11.8 Å². The number of hydroxylamine groups is 1. The highest BCUT2D eigenvalue weighted by Gasteiger charge is 2.22. The molecule has 0 aromatic carbocycles. The summed E-state index contributed by atoms with van der Waals surface area (Å²) in [7, 11) is 0. The molecule has 1 aliphatic rings. The fraction of sp³-hybridized carbons (Fsp3) is 0.571. The third-order valence-corrected chi connectivity index (χ3v) is 2.54. The second-order valence-electron chi connectivity index (χ2n) is 5.76. The van der Waals surface area contributed by atoms with Crippen molar-refractivity contribution in [2.75, 3.05) is 19.7 Å². The average Bonchev–Trinajstić information content (AvgIpc) is 2.72. The number of amides is 4. The minimum Gasteiger partial charge on any atom is -0.442 e. The number of carbonyl (C=O) groups excluding carboxylic acids is 4. The van der Waals surface area contributed by atoms with Crippen LogP contribution in [0.1, 0.15) is 27.2 Å². The Balaban J connectivity index is 2.08. The highest BCUT2D eigenvalue weighted by molar-refractivity contribution is 6.12. The van der Waals surface area contributed by atoms with Gasteiger partial charge in [-0.15, -0.1) is 0 Å². The Morgan fingerprint density at radius 3 is 2.35 bits per heavy atom. The predicted octanol–water partition coefficient (Wildman–Crippen LogP) is -0.126. The zero-order valence-corrected chi connectivity index (χ0v) is 13.4. The van der Waals surface area contributed by atoms with Gasteiger partial charge in [-0.1, -0.05) is 0 Å². The standard InChI is InChI=1S/C14H21N3O6/c1-14(2,3)23-13(21)16-22-9-10(18)15-7-4-8-17-11(19)5-6-12(17)20/h5-6H,4,7-9H2,1-3H3,(H,15,18)(H,16,21). The van der Waals surface area contributed by atoms with E-state index in [0.717, 1.165) is 4.90 Å². The number of hydrogen-bond acceptors (Lipinski definition) is 6. The zero-order valence-electron chi connectivity index (χ0n) is 13.4. The van der Waals surface area contributed by atoms with Crippen LogP contribution in [0, 0.1) is 0 Å². The van der Waals surface area contributed by atoms with Crippen molar-refractivity contribution in [3.63, 3.8) is 0 Å². The summed E-state index contributed by atoms with van der Waals surface area (Å²) in [6.07, 6.45) is 2.04. The van der Waals surface area contributed by atoms with Crippen molar-refractivity contribution in [3.05, 3.63) is 12.2 Å². The second kappa shape index (κ2) is 8.28. The second-order valence-corrected chi connectivity index (χ2v) is 5.76. The van der Waals surface area contributed by atoms with E-state index in [2.05, 4.69) is 5.32 Å². The van der Waals surface area contributed by atoms with Gasteiger partial charge >= 0.3 is 6.09 Å². The SMILES string of the molecule is CC(C)(C)OC(=O)NOCC(=O)NCCCN1C(=O)C=CC1=O. The van der Waals surface area contributed by atoms with Crippen LogP contribution in [-0.2, 0) is 24.0 Å². The topological polar surface area (TPSA) is 114 Å². The largest absolute Gasteiger partial charge is 0.442 e. The molecule has 4 amide bonds. The molecule has 23 heavy (non-hydrogen) atoms. The summed E-state index contributed by atoms with van der Waals surface area (Å²) in [4.78, 5) is 51.0. The van der Waals surface area contributed by atoms with E-state index in [1.165, 1.54) is 12.2 Å². The first-order chi connectivity index (χ1) is 10.7. The number of nitrogens with one attached hydrogen (secondary N) is 2. The van der Waals surface area contributed by atoms with Crippen LogP contribution in [0.4, 0.5) is 4.79 Å². The van der Waals surface area contributed by atoms with E-state index in [-0.39, 0.29) is 31.5 Å². The highest BCUT2D eigenvalue weighted by Crippen LogP contribution is 2.06. The molecule has 0 atom stereocenters. The lowest BCUT2D eigenvalue weighted by atomic mass is 10.2. The van der Waals surface area contributed by atoms with Crippen molar-refractivity contribution in [3.8, 4) is 0 Å². The fourth-order valence-corrected chi connectivity index (χ4v) is 1.63. The van der Waals surface area contributed by atoms with Gasteiger partial charge in [-0.05, 0) is 27.2 Å². The number of carbonyl (C=O) groups is 4. The quantitative estimate of drug-likeness (QED) is 0.383. The normalized spacial score (nSPS) is 14.1. The van der Waals surface area contributed by atoms with Crippen molar-refractivity contribution < 1.29 is 28.8 Å². The average molecular weight is 327 g/mol. The first kappa shape index (κ1) is 18.6. The smallest absolute Gasteiger partial charge is 0.431 e. The molecule has 0 aromatic heterocycles. The predicted molar refractivity (Wildman–Crippen MR) is 78.8 cm³/mol. The van der Waals surface area contributed by atoms with Crippen LogP contribution in [0.15, 0.2) is 12.2 Å². The van der Waals surface area contributed by atoms with Crippen molar-refractivity contribution in [2.45, 2.75) is 32.8 Å². The summed E-state index contributed by atoms with van der Waals surface area (Å²) in [5.41, 5.74) is 1.33. The lowest BCUT2D eigenvalue weighted by Gasteiger charge is -2.19. The van der Waals surface area contributed by atoms with E-state index >= 15 is 0 Å². The third-order valence-electron chi connectivity index (χ3n) is 2.54. The molecule has 9 heteroatoms. The van der Waals surface area contributed by atoms with Crippen LogP contribution in [0.3, 0.4) is 0 Å². The van der Waals surface area contributed by atoms with Gasteiger partial charge in [-0.2, -0.15) is 5.48 Å². The zero-order chi connectivity index (χ0) is 17.5. The number of hydrogen-bond donors (Lipinski definition) is 2. The number of ether oxygens (including phenoxy) is 1. The Bertz CT molecular complexity index is 491. The molecule has 0 unspecified atom stereocenters. The van der Waals surface area contributed by atoms with Crippen LogP contribution in [0.5, 0.6) is 0 Å². The van der Waals surface area contributed by atoms with Gasteiger partial charge in [-0.3, -0.25) is 24.1 Å². The molecule has 9 nitrogen and oxygen atoms in total.